The SMILES string of the molecule is CCOc1cc(-c2nnc(NC(=O)CCSc3ccc(OC)cc3)o2)cc(OCC)c1OCC. The molecule has 0 aliphatic rings. The molecular formula is C24H29N3O6S. The number of nitrogens with one attached hydrogen (secondary N) is 1. The number of thioether (sulfide) groups is 1. The molecular weight excluding hydrogens is 458 g/mol. The third kappa shape index (κ3) is 6.80. The number of ether oxygens (including phenoxy) is 4. The van der Waals surface area contributed by atoms with Gasteiger partial charge < -0.3 is 23.4 Å². The average Bonchev–Trinajstić information content (AvgIpc) is 3.30. The molecule has 0 unspecified atom stereocenters. The number of carbonyl (C=O) groups excluding carboxylic acids is 1. The molecule has 0 aliphatic heterocycles. The van der Waals surface area contributed by atoms with E-state index in [0.29, 0.717) is 54.8 Å². The number of aromatic nitrogens is 2. The second-order valence-corrected chi connectivity index (χ2v) is 8.00. The fourth-order valence-corrected chi connectivity index (χ4v) is 3.87. The van der Waals surface area contributed by atoms with E-state index in [4.69, 9.17) is 23.4 Å². The zero-order chi connectivity index (χ0) is 24.3. The molecule has 0 aliphatic carbocycles. The highest BCUT2D eigenvalue weighted by Gasteiger charge is 2.19. The quantitative estimate of drug-likeness (QED) is 0.331. The van der Waals surface area contributed by atoms with Crippen molar-refractivity contribution < 1.29 is 28.2 Å². The highest BCUT2D eigenvalue weighted by Crippen LogP contribution is 2.41. The van der Waals surface area contributed by atoms with Crippen LogP contribution in [0.2, 0.25) is 0 Å². The van der Waals surface area contributed by atoms with Crippen LogP contribution in [0.4, 0.5) is 6.01 Å². The standard InChI is InChI=1S/C24H29N3O6S/c1-5-30-19-14-16(15-20(31-6-2)22(19)32-7-3)23-26-27-24(33-23)25-21(28)12-13-34-18-10-8-17(29-4)9-11-18/h8-11,14-15H,5-7,12-13H2,1-4H3,(H,25,27,28). The summed E-state index contributed by atoms with van der Waals surface area (Å²) in [6.45, 7) is 7.03. The van der Waals surface area contributed by atoms with Gasteiger partial charge in [0.2, 0.25) is 17.5 Å². The first-order valence-corrected chi connectivity index (χ1v) is 12.0. The number of benzene rings is 2. The van der Waals surface area contributed by atoms with E-state index >= 15 is 0 Å². The van der Waals surface area contributed by atoms with E-state index in [2.05, 4.69) is 15.5 Å². The van der Waals surface area contributed by atoms with Crippen LogP contribution in [0.3, 0.4) is 0 Å². The first-order valence-electron chi connectivity index (χ1n) is 11.0. The summed E-state index contributed by atoms with van der Waals surface area (Å²) in [4.78, 5) is 13.4. The van der Waals surface area contributed by atoms with Crippen molar-refractivity contribution in [3.63, 3.8) is 0 Å². The Balaban J connectivity index is 1.64. The lowest BCUT2D eigenvalue weighted by Gasteiger charge is -2.16. The van der Waals surface area contributed by atoms with Gasteiger partial charge >= 0.3 is 6.01 Å². The van der Waals surface area contributed by atoms with Crippen molar-refractivity contribution in [1.29, 1.82) is 0 Å². The lowest BCUT2D eigenvalue weighted by Crippen LogP contribution is -2.12. The molecule has 1 aromatic heterocycles. The van der Waals surface area contributed by atoms with Crippen LogP contribution in [0, 0.1) is 0 Å². The first kappa shape index (κ1) is 25.2. The molecule has 0 spiro atoms. The summed E-state index contributed by atoms with van der Waals surface area (Å²) in [6, 6.07) is 11.2. The van der Waals surface area contributed by atoms with E-state index in [1.807, 2.05) is 45.0 Å². The Hall–Kier alpha value is -3.40. The van der Waals surface area contributed by atoms with Crippen molar-refractivity contribution in [2.45, 2.75) is 32.1 Å². The largest absolute Gasteiger partial charge is 0.497 e. The van der Waals surface area contributed by atoms with Gasteiger partial charge in [-0.05, 0) is 57.2 Å². The Morgan fingerprint density at radius 1 is 0.971 bits per heavy atom. The zero-order valence-electron chi connectivity index (χ0n) is 19.8. The fraction of sp³-hybridized carbons (Fsp3) is 0.375. The molecule has 182 valence electrons. The minimum absolute atomic E-state index is 0.0271. The Morgan fingerprint density at radius 2 is 1.62 bits per heavy atom. The van der Waals surface area contributed by atoms with E-state index < -0.39 is 0 Å². The Kier molecular flexibility index (Phi) is 9.45. The second-order valence-electron chi connectivity index (χ2n) is 6.84. The van der Waals surface area contributed by atoms with Gasteiger partial charge in [0, 0.05) is 22.6 Å². The van der Waals surface area contributed by atoms with Gasteiger partial charge in [-0.3, -0.25) is 10.1 Å². The topological polar surface area (TPSA) is 105 Å². The van der Waals surface area contributed by atoms with Crippen molar-refractivity contribution in [3.05, 3.63) is 36.4 Å². The maximum Gasteiger partial charge on any atom is 0.322 e. The number of nitrogens with zero attached hydrogens (tertiary/aromatic N) is 2. The Morgan fingerprint density at radius 3 is 2.21 bits per heavy atom. The number of amides is 1. The van der Waals surface area contributed by atoms with E-state index in [1.54, 1.807) is 31.0 Å². The first-order chi connectivity index (χ1) is 16.6. The number of hydrogen-bond donors (Lipinski definition) is 1. The van der Waals surface area contributed by atoms with Crippen LogP contribution in [0.5, 0.6) is 23.0 Å². The van der Waals surface area contributed by atoms with Crippen LogP contribution in [0.25, 0.3) is 11.5 Å². The molecule has 0 radical (unpaired) electrons. The molecule has 34 heavy (non-hydrogen) atoms. The fourth-order valence-electron chi connectivity index (χ4n) is 3.02. The maximum atomic E-state index is 12.3. The van der Waals surface area contributed by atoms with Crippen LogP contribution in [-0.4, -0.2) is 48.8 Å². The number of methoxy groups -OCH3 is 1. The molecule has 0 atom stereocenters. The van der Waals surface area contributed by atoms with Gasteiger partial charge in [0.05, 0.1) is 26.9 Å². The molecule has 0 saturated heterocycles. The van der Waals surface area contributed by atoms with Crippen molar-refractivity contribution in [3.8, 4) is 34.5 Å². The normalized spacial score (nSPS) is 10.6. The van der Waals surface area contributed by atoms with E-state index in [9.17, 15) is 4.79 Å². The Bertz CT molecular complexity index is 1040. The van der Waals surface area contributed by atoms with E-state index in [0.717, 1.165) is 10.6 Å². The number of anilines is 1. The van der Waals surface area contributed by atoms with E-state index in [1.165, 1.54) is 0 Å². The van der Waals surface area contributed by atoms with Crippen LogP contribution in [0.15, 0.2) is 45.7 Å². The van der Waals surface area contributed by atoms with Crippen LogP contribution in [0.1, 0.15) is 27.2 Å². The van der Waals surface area contributed by atoms with Gasteiger partial charge in [-0.2, -0.15) is 0 Å². The summed E-state index contributed by atoms with van der Waals surface area (Å²) in [5.74, 6) is 2.98. The number of hydrogen-bond acceptors (Lipinski definition) is 9. The molecule has 1 amide bonds. The summed E-state index contributed by atoms with van der Waals surface area (Å²) in [5, 5.41) is 10.7. The zero-order valence-corrected chi connectivity index (χ0v) is 20.6. The lowest BCUT2D eigenvalue weighted by molar-refractivity contribution is -0.115. The molecule has 10 heteroatoms. The van der Waals surface area contributed by atoms with Gasteiger partial charge in [-0.1, -0.05) is 5.10 Å². The predicted octanol–water partition coefficient (Wildman–Crippen LogP) is 5.06. The molecule has 3 aromatic rings. The highest BCUT2D eigenvalue weighted by molar-refractivity contribution is 7.99. The lowest BCUT2D eigenvalue weighted by atomic mass is 10.2. The number of rotatable bonds is 13. The predicted molar refractivity (Wildman–Crippen MR) is 130 cm³/mol. The third-order valence-corrected chi connectivity index (χ3v) is 5.50. The summed E-state index contributed by atoms with van der Waals surface area (Å²) in [5.41, 5.74) is 0.596. The van der Waals surface area contributed by atoms with Crippen molar-refractivity contribution in [2.24, 2.45) is 0 Å². The summed E-state index contributed by atoms with van der Waals surface area (Å²) >= 11 is 1.58. The summed E-state index contributed by atoms with van der Waals surface area (Å²) < 4.78 is 28.0. The van der Waals surface area contributed by atoms with Gasteiger partial charge in [-0.25, -0.2) is 0 Å². The number of carbonyl (C=O) groups is 1. The smallest absolute Gasteiger partial charge is 0.322 e. The van der Waals surface area contributed by atoms with Gasteiger partial charge in [0.15, 0.2) is 11.5 Å². The molecule has 9 nitrogen and oxygen atoms in total. The minimum atomic E-state index is -0.215. The molecule has 3 rings (SSSR count). The molecule has 1 heterocycles. The minimum Gasteiger partial charge on any atom is -0.497 e. The van der Waals surface area contributed by atoms with Crippen LogP contribution in [-0.2, 0) is 4.79 Å². The average molecular weight is 488 g/mol. The van der Waals surface area contributed by atoms with Crippen molar-refractivity contribution in [1.82, 2.24) is 10.2 Å². The molecule has 1 N–H and O–H groups in total. The van der Waals surface area contributed by atoms with Gasteiger partial charge in [-0.15, -0.1) is 16.9 Å². The molecule has 0 saturated carbocycles. The van der Waals surface area contributed by atoms with Gasteiger partial charge in [0.1, 0.15) is 5.75 Å². The van der Waals surface area contributed by atoms with Gasteiger partial charge in [0.25, 0.3) is 0 Å². The van der Waals surface area contributed by atoms with Crippen molar-refractivity contribution in [2.75, 3.05) is 38.0 Å². The third-order valence-electron chi connectivity index (χ3n) is 4.48. The van der Waals surface area contributed by atoms with Crippen LogP contribution >= 0.6 is 11.8 Å². The molecule has 2 aromatic carbocycles. The maximum absolute atomic E-state index is 12.3. The van der Waals surface area contributed by atoms with Crippen molar-refractivity contribution >= 4 is 23.7 Å². The second kappa shape index (κ2) is 12.7. The van der Waals surface area contributed by atoms with Crippen LogP contribution < -0.4 is 24.3 Å². The highest BCUT2D eigenvalue weighted by atomic mass is 32.2. The monoisotopic (exact) mass is 487 g/mol. The summed E-state index contributed by atoms with van der Waals surface area (Å²) in [7, 11) is 1.63. The Labute approximate surface area is 203 Å². The molecule has 0 bridgehead atoms. The van der Waals surface area contributed by atoms with E-state index in [-0.39, 0.29) is 17.8 Å². The summed E-state index contributed by atoms with van der Waals surface area (Å²) in [6.07, 6.45) is 0.292. The molecule has 0 fully saturated rings.